The monoisotopic (exact) mass is 392 g/mol. The minimum Gasteiger partial charge on any atom is -0.354 e. The highest BCUT2D eigenvalue weighted by Gasteiger charge is 2.15. The second-order valence-electron chi connectivity index (χ2n) is 7.19. The van der Waals surface area contributed by atoms with E-state index in [-0.39, 0.29) is 24.2 Å². The Labute approximate surface area is 166 Å². The van der Waals surface area contributed by atoms with E-state index in [1.165, 1.54) is 12.1 Å². The largest absolute Gasteiger partial charge is 0.354 e. The van der Waals surface area contributed by atoms with Gasteiger partial charge in [-0.1, -0.05) is 37.3 Å². The summed E-state index contributed by atoms with van der Waals surface area (Å²) in [5, 5.41) is 7.76. The fraction of sp³-hybridized carbons (Fsp3) is 0.227. The van der Waals surface area contributed by atoms with Crippen molar-refractivity contribution in [2.45, 2.75) is 26.3 Å². The summed E-state index contributed by atoms with van der Waals surface area (Å²) < 4.78 is 16.4. The topological polar surface area (TPSA) is 68.4 Å². The number of aryl methyl sites for hydroxylation is 1. The van der Waals surface area contributed by atoms with Gasteiger partial charge in [-0.3, -0.25) is 14.0 Å². The van der Waals surface area contributed by atoms with Crippen LogP contribution in [0.3, 0.4) is 0 Å². The molecule has 0 aliphatic heterocycles. The minimum absolute atomic E-state index is 0.153. The first-order valence-electron chi connectivity index (χ1n) is 9.44. The summed E-state index contributed by atoms with van der Waals surface area (Å²) in [6.07, 6.45) is 0. The number of amides is 1. The van der Waals surface area contributed by atoms with Crippen molar-refractivity contribution in [1.29, 1.82) is 0 Å². The number of aromatic nitrogens is 3. The summed E-state index contributed by atoms with van der Waals surface area (Å²) in [4.78, 5) is 25.2. The average molecular weight is 392 g/mol. The molecule has 4 aromatic rings. The molecule has 0 saturated heterocycles. The van der Waals surface area contributed by atoms with Gasteiger partial charge in [0.05, 0.1) is 5.52 Å². The van der Waals surface area contributed by atoms with Crippen LogP contribution in [0.1, 0.15) is 24.2 Å². The molecule has 1 atom stereocenters. The van der Waals surface area contributed by atoms with Crippen molar-refractivity contribution in [2.24, 2.45) is 0 Å². The van der Waals surface area contributed by atoms with Crippen LogP contribution in [0.25, 0.3) is 16.4 Å². The molecule has 2 aromatic carbocycles. The summed E-state index contributed by atoms with van der Waals surface area (Å²) in [6, 6.07) is 15.9. The van der Waals surface area contributed by atoms with E-state index in [9.17, 15) is 14.0 Å². The van der Waals surface area contributed by atoms with E-state index >= 15 is 0 Å². The maximum absolute atomic E-state index is 13.5. The number of nitrogens with one attached hydrogen (secondary N) is 1. The van der Waals surface area contributed by atoms with Crippen molar-refractivity contribution in [3.63, 3.8) is 0 Å². The molecule has 0 aliphatic carbocycles. The molecular weight excluding hydrogens is 371 g/mol. The molecule has 4 rings (SSSR count). The van der Waals surface area contributed by atoms with Crippen molar-refractivity contribution < 1.29 is 9.18 Å². The molecule has 2 heterocycles. The van der Waals surface area contributed by atoms with Gasteiger partial charge in [-0.05, 0) is 42.7 Å². The second-order valence-corrected chi connectivity index (χ2v) is 7.19. The molecule has 0 aliphatic rings. The van der Waals surface area contributed by atoms with Crippen molar-refractivity contribution in [3.8, 4) is 0 Å². The summed E-state index contributed by atoms with van der Waals surface area (Å²) in [7, 11) is 0. The third-order valence-corrected chi connectivity index (χ3v) is 5.07. The number of rotatable bonds is 5. The quantitative estimate of drug-likeness (QED) is 0.568. The fourth-order valence-corrected chi connectivity index (χ4v) is 3.55. The zero-order chi connectivity index (χ0) is 20.5. The van der Waals surface area contributed by atoms with Crippen LogP contribution in [-0.2, 0) is 11.3 Å². The SMILES string of the molecule is Cc1nn(CC(=O)NCC(C)c2ccccc2)c(=O)c2cc3cc(F)ccc3n12. The molecule has 0 fully saturated rings. The molecule has 0 saturated carbocycles. The van der Waals surface area contributed by atoms with E-state index in [0.717, 1.165) is 10.2 Å². The van der Waals surface area contributed by atoms with Gasteiger partial charge in [0.2, 0.25) is 5.91 Å². The zero-order valence-corrected chi connectivity index (χ0v) is 16.2. The predicted molar refractivity (Wildman–Crippen MR) is 110 cm³/mol. The third kappa shape index (κ3) is 3.63. The lowest BCUT2D eigenvalue weighted by Crippen LogP contribution is -2.36. The number of benzene rings is 2. The van der Waals surface area contributed by atoms with Gasteiger partial charge in [0.1, 0.15) is 23.7 Å². The number of hydrogen-bond acceptors (Lipinski definition) is 3. The number of carbonyl (C=O) groups is 1. The molecule has 0 radical (unpaired) electrons. The highest BCUT2D eigenvalue weighted by molar-refractivity contribution is 5.87. The number of hydrogen-bond donors (Lipinski definition) is 1. The Bertz CT molecular complexity index is 1260. The molecule has 148 valence electrons. The molecule has 1 unspecified atom stereocenters. The van der Waals surface area contributed by atoms with Crippen LogP contribution in [0.4, 0.5) is 4.39 Å². The number of carbonyl (C=O) groups excluding carboxylic acids is 1. The van der Waals surface area contributed by atoms with E-state index < -0.39 is 5.56 Å². The van der Waals surface area contributed by atoms with Crippen LogP contribution in [0, 0.1) is 12.7 Å². The van der Waals surface area contributed by atoms with Crippen LogP contribution >= 0.6 is 0 Å². The molecule has 1 N–H and O–H groups in total. The summed E-state index contributed by atoms with van der Waals surface area (Å²) >= 11 is 0. The van der Waals surface area contributed by atoms with E-state index in [1.54, 1.807) is 23.5 Å². The lowest BCUT2D eigenvalue weighted by atomic mass is 10.0. The van der Waals surface area contributed by atoms with Crippen LogP contribution in [0.2, 0.25) is 0 Å². The van der Waals surface area contributed by atoms with Gasteiger partial charge in [0.25, 0.3) is 5.56 Å². The third-order valence-electron chi connectivity index (χ3n) is 5.07. The summed E-state index contributed by atoms with van der Waals surface area (Å²) in [5.41, 5.74) is 1.81. The Hall–Kier alpha value is -3.48. The van der Waals surface area contributed by atoms with Crippen molar-refractivity contribution in [1.82, 2.24) is 19.5 Å². The van der Waals surface area contributed by atoms with E-state index in [2.05, 4.69) is 10.4 Å². The molecular formula is C22H21FN4O2. The number of fused-ring (bicyclic) bond motifs is 3. The smallest absolute Gasteiger partial charge is 0.291 e. The molecule has 0 spiro atoms. The van der Waals surface area contributed by atoms with E-state index in [0.29, 0.717) is 28.8 Å². The van der Waals surface area contributed by atoms with Gasteiger partial charge in [-0.15, -0.1) is 0 Å². The normalized spacial score (nSPS) is 12.4. The van der Waals surface area contributed by atoms with E-state index in [4.69, 9.17) is 0 Å². The Morgan fingerprint density at radius 3 is 2.66 bits per heavy atom. The number of halogens is 1. The molecule has 2 aromatic heterocycles. The van der Waals surface area contributed by atoms with Gasteiger partial charge < -0.3 is 5.32 Å². The van der Waals surface area contributed by atoms with Crippen LogP contribution < -0.4 is 10.9 Å². The van der Waals surface area contributed by atoms with Crippen molar-refractivity contribution >= 4 is 22.3 Å². The van der Waals surface area contributed by atoms with Gasteiger partial charge in [0, 0.05) is 11.9 Å². The first-order chi connectivity index (χ1) is 13.9. The van der Waals surface area contributed by atoms with Crippen molar-refractivity contribution in [2.75, 3.05) is 6.54 Å². The van der Waals surface area contributed by atoms with Gasteiger partial charge >= 0.3 is 0 Å². The minimum atomic E-state index is -0.390. The van der Waals surface area contributed by atoms with Crippen LogP contribution in [0.5, 0.6) is 0 Å². The highest BCUT2D eigenvalue weighted by atomic mass is 19.1. The van der Waals surface area contributed by atoms with Crippen LogP contribution in [-0.4, -0.2) is 26.6 Å². The van der Waals surface area contributed by atoms with Crippen LogP contribution in [0.15, 0.2) is 59.4 Å². The first-order valence-corrected chi connectivity index (χ1v) is 9.44. The lowest BCUT2D eigenvalue weighted by Gasteiger charge is -2.14. The van der Waals surface area contributed by atoms with Gasteiger partial charge in [0.15, 0.2) is 0 Å². The summed E-state index contributed by atoms with van der Waals surface area (Å²) in [5.74, 6) is 0.0473. The van der Waals surface area contributed by atoms with Gasteiger partial charge in [-0.2, -0.15) is 5.10 Å². The van der Waals surface area contributed by atoms with E-state index in [1.807, 2.05) is 37.3 Å². The Kier molecular flexibility index (Phi) is 4.88. The summed E-state index contributed by atoms with van der Waals surface area (Å²) in [6.45, 7) is 4.07. The standard InChI is InChI=1S/C22H21FN4O2/c1-14(16-6-4-3-5-7-16)12-24-21(28)13-26-22(29)20-11-17-10-18(23)8-9-19(17)27(20)15(2)25-26/h3-11,14H,12-13H2,1-2H3,(H,24,28). The molecule has 0 bridgehead atoms. The Morgan fingerprint density at radius 1 is 1.14 bits per heavy atom. The second kappa shape index (κ2) is 7.50. The zero-order valence-electron chi connectivity index (χ0n) is 16.2. The highest BCUT2D eigenvalue weighted by Crippen LogP contribution is 2.20. The van der Waals surface area contributed by atoms with Crippen molar-refractivity contribution in [3.05, 3.63) is 82.2 Å². The molecule has 29 heavy (non-hydrogen) atoms. The maximum Gasteiger partial charge on any atom is 0.291 e. The predicted octanol–water partition coefficient (Wildman–Crippen LogP) is 3.02. The fourth-order valence-electron chi connectivity index (χ4n) is 3.55. The number of nitrogens with zero attached hydrogens (tertiary/aromatic N) is 3. The lowest BCUT2D eigenvalue weighted by molar-refractivity contribution is -0.121. The molecule has 7 heteroatoms. The Morgan fingerprint density at radius 2 is 1.90 bits per heavy atom. The maximum atomic E-state index is 13.5. The average Bonchev–Trinajstić information content (AvgIpc) is 3.10. The van der Waals surface area contributed by atoms with Gasteiger partial charge in [-0.25, -0.2) is 9.07 Å². The first kappa shape index (κ1) is 18.9. The molecule has 6 nitrogen and oxygen atoms in total. The molecule has 1 amide bonds. The Balaban J connectivity index is 1.56.